The Morgan fingerprint density at radius 1 is 1.00 bits per heavy atom. The van der Waals surface area contributed by atoms with E-state index in [2.05, 4.69) is 44.0 Å². The molecule has 0 saturated heterocycles. The summed E-state index contributed by atoms with van der Waals surface area (Å²) in [6, 6.07) is 16.3. The van der Waals surface area contributed by atoms with Crippen molar-refractivity contribution in [3.8, 4) is 11.5 Å². The highest BCUT2D eigenvalue weighted by Gasteiger charge is 2.23. The first kappa shape index (κ1) is 12.9. The van der Waals surface area contributed by atoms with Gasteiger partial charge in [-0.1, -0.05) is 51.1 Å². The highest BCUT2D eigenvalue weighted by molar-refractivity contribution is 5.76. The quantitative estimate of drug-likeness (QED) is 0.652. The lowest BCUT2D eigenvalue weighted by molar-refractivity contribution is 0.504. The van der Waals surface area contributed by atoms with Crippen LogP contribution < -0.4 is 0 Å². The average Bonchev–Trinajstić information content (AvgIpc) is 2.91. The van der Waals surface area contributed by atoms with E-state index in [9.17, 15) is 0 Å². The Balaban J connectivity index is 2.19. The van der Waals surface area contributed by atoms with E-state index in [-0.39, 0.29) is 5.41 Å². The van der Waals surface area contributed by atoms with Gasteiger partial charge in [-0.25, -0.2) is 4.98 Å². The number of benzene rings is 2. The predicted octanol–water partition coefficient (Wildman–Crippen LogP) is 5.18. The van der Waals surface area contributed by atoms with Gasteiger partial charge in [0.25, 0.3) is 0 Å². The van der Waals surface area contributed by atoms with E-state index in [0.29, 0.717) is 5.89 Å². The Labute approximate surface area is 119 Å². The van der Waals surface area contributed by atoms with Crippen LogP contribution in [0, 0.1) is 0 Å². The second-order valence-corrected chi connectivity index (χ2v) is 5.77. The molecule has 102 valence electrons. The Morgan fingerprint density at radius 2 is 1.70 bits per heavy atom. The molecule has 2 aromatic carbocycles. The lowest BCUT2D eigenvalue weighted by Crippen LogP contribution is -2.16. The van der Waals surface area contributed by atoms with E-state index in [1.165, 1.54) is 5.56 Å². The van der Waals surface area contributed by atoms with Gasteiger partial charge in [0.15, 0.2) is 5.58 Å². The van der Waals surface area contributed by atoms with Crippen LogP contribution in [0.4, 0.5) is 0 Å². The van der Waals surface area contributed by atoms with E-state index < -0.39 is 0 Å². The molecular weight excluding hydrogens is 246 g/mol. The molecule has 20 heavy (non-hydrogen) atoms. The molecule has 0 aliphatic rings. The van der Waals surface area contributed by atoms with E-state index in [1.807, 2.05) is 30.3 Å². The molecule has 0 aliphatic carbocycles. The summed E-state index contributed by atoms with van der Waals surface area (Å²) in [4.78, 5) is 4.62. The molecule has 0 fully saturated rings. The van der Waals surface area contributed by atoms with Crippen molar-refractivity contribution in [3.05, 3.63) is 54.1 Å². The molecule has 3 aromatic rings. The van der Waals surface area contributed by atoms with Gasteiger partial charge in [0.1, 0.15) is 5.52 Å². The van der Waals surface area contributed by atoms with Crippen molar-refractivity contribution in [2.75, 3.05) is 0 Å². The second-order valence-electron chi connectivity index (χ2n) is 5.77. The van der Waals surface area contributed by atoms with Gasteiger partial charge >= 0.3 is 0 Å². The molecule has 2 heteroatoms. The van der Waals surface area contributed by atoms with Crippen molar-refractivity contribution in [3.63, 3.8) is 0 Å². The van der Waals surface area contributed by atoms with Crippen LogP contribution in [0.25, 0.3) is 22.6 Å². The third-order valence-corrected chi connectivity index (χ3v) is 4.06. The minimum atomic E-state index is 0.108. The maximum Gasteiger partial charge on any atom is 0.227 e. The van der Waals surface area contributed by atoms with Crippen molar-refractivity contribution >= 4 is 11.1 Å². The summed E-state index contributed by atoms with van der Waals surface area (Å²) >= 11 is 0. The molecule has 2 nitrogen and oxygen atoms in total. The van der Waals surface area contributed by atoms with Crippen LogP contribution in [0.3, 0.4) is 0 Å². The van der Waals surface area contributed by atoms with Crippen LogP contribution in [0.1, 0.15) is 32.8 Å². The number of hydrogen-bond donors (Lipinski definition) is 0. The van der Waals surface area contributed by atoms with Crippen LogP contribution in [0.2, 0.25) is 0 Å². The predicted molar refractivity (Wildman–Crippen MR) is 82.8 cm³/mol. The van der Waals surface area contributed by atoms with Gasteiger partial charge in [-0.15, -0.1) is 0 Å². The van der Waals surface area contributed by atoms with Crippen molar-refractivity contribution in [2.45, 2.75) is 32.6 Å². The molecule has 0 N–H and O–H groups in total. The number of para-hydroxylation sites is 2. The maximum atomic E-state index is 5.92. The fourth-order valence-corrected chi connectivity index (χ4v) is 2.44. The first-order chi connectivity index (χ1) is 9.62. The van der Waals surface area contributed by atoms with Gasteiger partial charge in [-0.3, -0.25) is 0 Å². The molecule has 1 aromatic heterocycles. The third kappa shape index (κ3) is 2.11. The highest BCUT2D eigenvalue weighted by atomic mass is 16.3. The van der Waals surface area contributed by atoms with Gasteiger partial charge < -0.3 is 4.42 Å². The normalized spacial score (nSPS) is 11.9. The SMILES string of the molecule is CCC(C)(C)c1ccccc1-c1nc2ccccc2o1. The van der Waals surface area contributed by atoms with Gasteiger partial charge in [-0.05, 0) is 35.6 Å². The number of rotatable bonds is 3. The summed E-state index contributed by atoms with van der Waals surface area (Å²) in [7, 11) is 0. The third-order valence-electron chi connectivity index (χ3n) is 4.06. The molecule has 0 amide bonds. The molecule has 0 unspecified atom stereocenters. The number of nitrogens with zero attached hydrogens (tertiary/aromatic N) is 1. The summed E-state index contributed by atoms with van der Waals surface area (Å²) in [5.41, 5.74) is 4.24. The minimum absolute atomic E-state index is 0.108. The van der Waals surface area contributed by atoms with Crippen LogP contribution >= 0.6 is 0 Å². The van der Waals surface area contributed by atoms with Crippen LogP contribution in [0.5, 0.6) is 0 Å². The summed E-state index contributed by atoms with van der Waals surface area (Å²) < 4.78 is 5.92. The number of oxazole rings is 1. The van der Waals surface area contributed by atoms with Gasteiger partial charge in [-0.2, -0.15) is 0 Å². The second kappa shape index (κ2) is 4.78. The fraction of sp³-hybridized carbons (Fsp3) is 0.278. The van der Waals surface area contributed by atoms with Crippen LogP contribution in [0.15, 0.2) is 52.9 Å². The van der Waals surface area contributed by atoms with Crippen molar-refractivity contribution in [1.82, 2.24) is 4.98 Å². The number of aromatic nitrogens is 1. The molecule has 0 spiro atoms. The molecule has 0 bridgehead atoms. The first-order valence-electron chi connectivity index (χ1n) is 7.07. The van der Waals surface area contributed by atoms with Gasteiger partial charge in [0.2, 0.25) is 5.89 Å². The van der Waals surface area contributed by atoms with E-state index >= 15 is 0 Å². The largest absolute Gasteiger partial charge is 0.436 e. The van der Waals surface area contributed by atoms with Crippen LogP contribution in [-0.2, 0) is 5.41 Å². The van der Waals surface area contributed by atoms with Gasteiger partial charge in [0.05, 0.1) is 0 Å². The summed E-state index contributed by atoms with van der Waals surface area (Å²) in [6.45, 7) is 6.73. The highest BCUT2D eigenvalue weighted by Crippen LogP contribution is 2.35. The zero-order chi connectivity index (χ0) is 14.2. The Bertz CT molecular complexity index is 707. The summed E-state index contributed by atoms with van der Waals surface area (Å²) in [5.74, 6) is 0.711. The maximum absolute atomic E-state index is 5.92. The molecular formula is C18H19NO. The monoisotopic (exact) mass is 265 g/mol. The minimum Gasteiger partial charge on any atom is -0.436 e. The first-order valence-corrected chi connectivity index (χ1v) is 7.07. The Morgan fingerprint density at radius 3 is 2.45 bits per heavy atom. The smallest absolute Gasteiger partial charge is 0.227 e. The lowest BCUT2D eigenvalue weighted by Gasteiger charge is -2.25. The summed E-state index contributed by atoms with van der Waals surface area (Å²) in [5, 5.41) is 0. The zero-order valence-electron chi connectivity index (χ0n) is 12.2. The standard InChI is InChI=1S/C18H19NO/c1-4-18(2,3)14-10-6-5-9-13(14)17-19-15-11-7-8-12-16(15)20-17/h5-12H,4H2,1-3H3. The topological polar surface area (TPSA) is 26.0 Å². The molecule has 0 atom stereocenters. The summed E-state index contributed by atoms with van der Waals surface area (Å²) in [6.07, 6.45) is 1.07. The molecule has 0 aliphatic heterocycles. The van der Waals surface area contributed by atoms with E-state index in [4.69, 9.17) is 4.42 Å². The lowest BCUT2D eigenvalue weighted by atomic mass is 9.79. The Kier molecular flexibility index (Phi) is 3.09. The molecule has 0 radical (unpaired) electrons. The molecule has 0 saturated carbocycles. The van der Waals surface area contributed by atoms with Gasteiger partial charge in [0, 0.05) is 5.56 Å². The van der Waals surface area contributed by atoms with Crippen molar-refractivity contribution < 1.29 is 4.42 Å². The fourth-order valence-electron chi connectivity index (χ4n) is 2.44. The number of hydrogen-bond acceptors (Lipinski definition) is 2. The van der Waals surface area contributed by atoms with E-state index in [0.717, 1.165) is 23.1 Å². The zero-order valence-corrected chi connectivity index (χ0v) is 12.2. The molecule has 1 heterocycles. The van der Waals surface area contributed by atoms with Crippen molar-refractivity contribution in [1.29, 1.82) is 0 Å². The van der Waals surface area contributed by atoms with E-state index in [1.54, 1.807) is 0 Å². The van der Waals surface area contributed by atoms with Crippen LogP contribution in [-0.4, -0.2) is 4.98 Å². The van der Waals surface area contributed by atoms with Crippen molar-refractivity contribution in [2.24, 2.45) is 0 Å². The molecule has 3 rings (SSSR count). The Hall–Kier alpha value is -2.09. The number of fused-ring (bicyclic) bond motifs is 1. The average molecular weight is 265 g/mol.